The number of anilines is 1. The van der Waals surface area contributed by atoms with E-state index in [2.05, 4.69) is 15.6 Å². The van der Waals surface area contributed by atoms with E-state index in [9.17, 15) is 14.4 Å². The Kier molecular flexibility index (Phi) is 5.00. The molecule has 0 aliphatic carbocycles. The number of carbonyl (C=O) groups excluding carboxylic acids is 3. The van der Waals surface area contributed by atoms with E-state index in [4.69, 9.17) is 4.42 Å². The van der Waals surface area contributed by atoms with Crippen LogP contribution >= 0.6 is 11.3 Å². The monoisotopic (exact) mass is 355 g/mol. The third kappa shape index (κ3) is 4.18. The maximum atomic E-state index is 12.1. The average molecular weight is 355 g/mol. The minimum absolute atomic E-state index is 0.148. The van der Waals surface area contributed by atoms with Crippen LogP contribution in [0.5, 0.6) is 0 Å². The minimum atomic E-state index is -0.781. The number of hydrogen-bond acceptors (Lipinski definition) is 6. The molecule has 0 fully saturated rings. The number of nitrogens with one attached hydrogen (secondary N) is 2. The number of furan rings is 1. The summed E-state index contributed by atoms with van der Waals surface area (Å²) < 4.78 is 5.07. The number of pyridine rings is 1. The first-order valence-corrected chi connectivity index (χ1v) is 8.11. The molecule has 0 unspecified atom stereocenters. The van der Waals surface area contributed by atoms with Gasteiger partial charge in [-0.1, -0.05) is 0 Å². The van der Waals surface area contributed by atoms with Crippen molar-refractivity contribution in [2.45, 2.75) is 6.54 Å². The predicted octanol–water partition coefficient (Wildman–Crippen LogP) is 2.22. The second kappa shape index (κ2) is 7.54. The lowest BCUT2D eigenvalue weighted by Gasteiger charge is -2.05. The van der Waals surface area contributed by atoms with Crippen LogP contribution in [0.1, 0.15) is 20.3 Å². The van der Waals surface area contributed by atoms with Crippen molar-refractivity contribution in [3.05, 3.63) is 70.6 Å². The van der Waals surface area contributed by atoms with Gasteiger partial charge in [0.05, 0.1) is 29.6 Å². The van der Waals surface area contributed by atoms with Gasteiger partial charge in [-0.05, 0) is 36.4 Å². The molecule has 0 radical (unpaired) electrons. The van der Waals surface area contributed by atoms with Gasteiger partial charge in [-0.25, -0.2) is 0 Å². The summed E-state index contributed by atoms with van der Waals surface area (Å²) in [7, 11) is 0. The number of hydrogen-bond donors (Lipinski definition) is 2. The van der Waals surface area contributed by atoms with E-state index in [-0.39, 0.29) is 18.1 Å². The summed E-state index contributed by atoms with van der Waals surface area (Å²) in [6, 6.07) is 9.89. The molecule has 0 saturated carbocycles. The Morgan fingerprint density at radius 1 is 1.08 bits per heavy atom. The fraction of sp³-hybridized carbons (Fsp3) is 0.0588. The Bertz CT molecular complexity index is 888. The fourth-order valence-corrected chi connectivity index (χ4v) is 2.89. The van der Waals surface area contributed by atoms with Crippen molar-refractivity contribution in [3.63, 3.8) is 0 Å². The first kappa shape index (κ1) is 16.6. The molecule has 25 heavy (non-hydrogen) atoms. The summed E-state index contributed by atoms with van der Waals surface area (Å²) >= 11 is 1.23. The van der Waals surface area contributed by atoms with Crippen LogP contribution in [0, 0.1) is 0 Å². The number of amides is 2. The summed E-state index contributed by atoms with van der Waals surface area (Å²) in [5.74, 6) is -1.51. The van der Waals surface area contributed by atoms with Gasteiger partial charge in [0, 0.05) is 11.1 Å². The first-order valence-electron chi connectivity index (χ1n) is 7.29. The Labute approximate surface area is 146 Å². The number of carbonyl (C=O) groups is 3. The lowest BCUT2D eigenvalue weighted by atomic mass is 10.2. The highest BCUT2D eigenvalue weighted by Crippen LogP contribution is 2.20. The van der Waals surface area contributed by atoms with Gasteiger partial charge in [0.15, 0.2) is 5.76 Å². The molecule has 3 rings (SSSR count). The number of aromatic nitrogens is 1. The molecule has 3 aromatic rings. The van der Waals surface area contributed by atoms with Crippen LogP contribution in [-0.4, -0.2) is 22.6 Å². The Hall–Kier alpha value is -3.26. The van der Waals surface area contributed by atoms with E-state index in [1.165, 1.54) is 23.8 Å². The van der Waals surface area contributed by atoms with E-state index >= 15 is 0 Å². The summed E-state index contributed by atoms with van der Waals surface area (Å²) in [4.78, 5) is 40.8. The molecule has 0 atom stereocenters. The highest BCUT2D eigenvalue weighted by Gasteiger charge is 2.16. The van der Waals surface area contributed by atoms with Crippen LogP contribution in [0.3, 0.4) is 0 Å². The molecule has 3 heterocycles. The van der Waals surface area contributed by atoms with Gasteiger partial charge in [-0.2, -0.15) is 0 Å². The molecular formula is C17H13N3O4S. The smallest absolute Gasteiger partial charge is 0.313 e. The largest absolute Gasteiger partial charge is 0.461 e. The van der Waals surface area contributed by atoms with E-state index in [1.54, 1.807) is 42.6 Å². The van der Waals surface area contributed by atoms with Crippen LogP contribution in [0.2, 0.25) is 0 Å². The number of rotatable bonds is 5. The van der Waals surface area contributed by atoms with E-state index in [1.807, 2.05) is 0 Å². The zero-order valence-corrected chi connectivity index (χ0v) is 13.7. The lowest BCUT2D eigenvalue weighted by molar-refractivity contribution is -0.136. The maximum absolute atomic E-state index is 12.1. The second-order valence-corrected chi connectivity index (χ2v) is 6.12. The van der Waals surface area contributed by atoms with Crippen molar-refractivity contribution < 1.29 is 18.8 Å². The lowest BCUT2D eigenvalue weighted by Crippen LogP contribution is -2.34. The molecule has 3 aromatic heterocycles. The van der Waals surface area contributed by atoms with E-state index in [0.29, 0.717) is 10.6 Å². The maximum Gasteiger partial charge on any atom is 0.313 e. The van der Waals surface area contributed by atoms with Crippen LogP contribution < -0.4 is 10.6 Å². The van der Waals surface area contributed by atoms with Gasteiger partial charge >= 0.3 is 11.8 Å². The third-order valence-electron chi connectivity index (χ3n) is 3.18. The quantitative estimate of drug-likeness (QED) is 0.540. The van der Waals surface area contributed by atoms with Crippen LogP contribution in [-0.2, 0) is 16.1 Å². The van der Waals surface area contributed by atoms with Gasteiger partial charge in [0.2, 0.25) is 5.78 Å². The molecule has 126 valence electrons. The molecule has 2 N–H and O–H groups in total. The van der Waals surface area contributed by atoms with Crippen LogP contribution in [0.15, 0.2) is 59.5 Å². The van der Waals surface area contributed by atoms with E-state index in [0.717, 1.165) is 4.88 Å². The van der Waals surface area contributed by atoms with E-state index < -0.39 is 11.8 Å². The van der Waals surface area contributed by atoms with Crippen LogP contribution in [0.25, 0.3) is 0 Å². The summed E-state index contributed by atoms with van der Waals surface area (Å²) in [5, 5.41) is 4.95. The molecular weight excluding hydrogens is 342 g/mol. The molecule has 0 bridgehead atoms. The zero-order valence-electron chi connectivity index (χ0n) is 12.9. The van der Waals surface area contributed by atoms with Gasteiger partial charge in [-0.3, -0.25) is 19.4 Å². The molecule has 0 spiro atoms. The number of ketones is 1. The van der Waals surface area contributed by atoms with Crippen molar-refractivity contribution in [2.24, 2.45) is 0 Å². The predicted molar refractivity (Wildman–Crippen MR) is 91.2 cm³/mol. The van der Waals surface area contributed by atoms with Gasteiger partial charge in [-0.15, -0.1) is 11.3 Å². The standard InChI is InChI=1S/C17H13N3O4S/c21-15(13-4-2-8-24-13)14-6-5-12(25-14)10-19-16(22)17(23)20-11-3-1-7-18-9-11/h1-9H,10H2,(H,19,22)(H,20,23). The van der Waals surface area contributed by atoms with Crippen molar-refractivity contribution in [3.8, 4) is 0 Å². The Balaban J connectivity index is 1.54. The third-order valence-corrected chi connectivity index (χ3v) is 4.26. The van der Waals surface area contributed by atoms with Gasteiger partial charge in [0.1, 0.15) is 0 Å². The summed E-state index contributed by atoms with van der Waals surface area (Å²) in [5.41, 5.74) is 0.435. The zero-order chi connectivity index (χ0) is 17.6. The molecule has 0 aromatic carbocycles. The van der Waals surface area contributed by atoms with Crippen molar-refractivity contribution in [1.82, 2.24) is 10.3 Å². The minimum Gasteiger partial charge on any atom is -0.461 e. The second-order valence-electron chi connectivity index (χ2n) is 4.95. The topological polar surface area (TPSA) is 101 Å². The molecule has 2 amide bonds. The Morgan fingerprint density at radius 3 is 2.68 bits per heavy atom. The highest BCUT2D eigenvalue weighted by atomic mass is 32.1. The van der Waals surface area contributed by atoms with Crippen molar-refractivity contribution in [2.75, 3.05) is 5.32 Å². The fourth-order valence-electron chi connectivity index (χ4n) is 2.00. The van der Waals surface area contributed by atoms with Crippen molar-refractivity contribution in [1.29, 1.82) is 0 Å². The molecule has 0 saturated heterocycles. The summed E-state index contributed by atoms with van der Waals surface area (Å²) in [6.07, 6.45) is 4.44. The SMILES string of the molecule is O=C(NCc1ccc(C(=O)c2ccco2)s1)C(=O)Nc1cccnc1. The summed E-state index contributed by atoms with van der Waals surface area (Å²) in [6.45, 7) is 0.148. The number of nitrogens with zero attached hydrogens (tertiary/aromatic N) is 1. The average Bonchev–Trinajstić information content (AvgIpc) is 3.32. The van der Waals surface area contributed by atoms with Crippen LogP contribution in [0.4, 0.5) is 5.69 Å². The van der Waals surface area contributed by atoms with Crippen molar-refractivity contribution >= 4 is 34.6 Å². The molecule has 0 aliphatic heterocycles. The first-order chi connectivity index (χ1) is 12.1. The molecule has 7 nitrogen and oxygen atoms in total. The van der Waals surface area contributed by atoms with Gasteiger partial charge in [0.25, 0.3) is 0 Å². The van der Waals surface area contributed by atoms with Gasteiger partial charge < -0.3 is 15.1 Å². The Morgan fingerprint density at radius 2 is 1.96 bits per heavy atom. The molecule has 0 aliphatic rings. The highest BCUT2D eigenvalue weighted by molar-refractivity contribution is 7.14. The number of thiophene rings is 1. The molecule has 8 heteroatoms. The normalized spacial score (nSPS) is 10.2.